The van der Waals surface area contributed by atoms with Gasteiger partial charge >= 0.3 is 0 Å². The van der Waals surface area contributed by atoms with Crippen LogP contribution in [0.15, 0.2) is 4.99 Å². The Labute approximate surface area is 121 Å². The summed E-state index contributed by atoms with van der Waals surface area (Å²) in [7, 11) is 0. The zero-order chi connectivity index (χ0) is 13.1. The van der Waals surface area contributed by atoms with E-state index in [1.165, 1.54) is 43.0 Å². The summed E-state index contributed by atoms with van der Waals surface area (Å²) in [6.07, 6.45) is 8.98. The summed E-state index contributed by atoms with van der Waals surface area (Å²) in [5.74, 6) is 2.09. The van der Waals surface area contributed by atoms with Crippen LogP contribution in [-0.4, -0.2) is 35.7 Å². The molecule has 0 radical (unpaired) electrons. The number of thioether (sulfide) groups is 1. The minimum atomic E-state index is 0.292. The summed E-state index contributed by atoms with van der Waals surface area (Å²) in [4.78, 5) is 5.01. The summed E-state index contributed by atoms with van der Waals surface area (Å²) in [5.41, 5.74) is 0.292. The molecular weight excluding hydrogens is 256 g/mol. The van der Waals surface area contributed by atoms with Crippen molar-refractivity contribution in [1.82, 2.24) is 5.32 Å². The van der Waals surface area contributed by atoms with Gasteiger partial charge in [-0.25, -0.2) is 0 Å². The molecule has 1 aliphatic carbocycles. The fourth-order valence-electron chi connectivity index (χ4n) is 3.52. The number of hydrogen-bond acceptors (Lipinski definition) is 3. The maximum atomic E-state index is 5.48. The van der Waals surface area contributed by atoms with Crippen LogP contribution in [0.3, 0.4) is 0 Å². The summed E-state index contributed by atoms with van der Waals surface area (Å²) in [6, 6.07) is 0.573. The lowest BCUT2D eigenvalue weighted by molar-refractivity contribution is 0.0555. The molecule has 0 aromatic carbocycles. The summed E-state index contributed by atoms with van der Waals surface area (Å²) >= 11 is 1.93. The standard InChI is InChI=1S/C15H26N2OS/c1-2-12-4-3-5-13(10-12)16-14-17-15(11-19-14)6-8-18-9-7-15/h12-13H,2-11H2,1H3,(H,16,17). The number of rotatable bonds is 2. The van der Waals surface area contributed by atoms with Gasteiger partial charge in [-0.05, 0) is 31.6 Å². The van der Waals surface area contributed by atoms with E-state index in [1.807, 2.05) is 11.8 Å². The maximum absolute atomic E-state index is 5.48. The van der Waals surface area contributed by atoms with Gasteiger partial charge in [-0.3, -0.25) is 4.99 Å². The van der Waals surface area contributed by atoms with E-state index in [4.69, 9.17) is 9.73 Å². The SMILES string of the molecule is CCC1CCCC(N=C2NC3(CCOCC3)CS2)C1. The fraction of sp³-hybridized carbons (Fsp3) is 0.933. The Hall–Kier alpha value is -0.220. The number of amidine groups is 1. The Morgan fingerprint density at radius 2 is 2.21 bits per heavy atom. The molecule has 19 heavy (non-hydrogen) atoms. The molecule has 1 spiro atoms. The number of nitrogens with one attached hydrogen (secondary N) is 1. The number of hydrogen-bond donors (Lipinski definition) is 1. The molecule has 3 rings (SSSR count). The Morgan fingerprint density at radius 3 is 3.00 bits per heavy atom. The van der Waals surface area contributed by atoms with Gasteiger partial charge in [0.25, 0.3) is 0 Å². The normalized spacial score (nSPS) is 36.6. The van der Waals surface area contributed by atoms with Gasteiger partial charge in [0.05, 0.1) is 11.6 Å². The minimum absolute atomic E-state index is 0.292. The van der Waals surface area contributed by atoms with E-state index in [1.54, 1.807) is 0 Å². The summed E-state index contributed by atoms with van der Waals surface area (Å²) in [5, 5.41) is 4.93. The molecule has 1 N–H and O–H groups in total. The number of aliphatic imine (C=N–C) groups is 1. The maximum Gasteiger partial charge on any atom is 0.157 e. The molecular formula is C15H26N2OS. The smallest absolute Gasteiger partial charge is 0.157 e. The zero-order valence-electron chi connectivity index (χ0n) is 12.0. The van der Waals surface area contributed by atoms with E-state index in [9.17, 15) is 0 Å². The monoisotopic (exact) mass is 282 g/mol. The van der Waals surface area contributed by atoms with Crippen molar-refractivity contribution in [3.05, 3.63) is 0 Å². The Morgan fingerprint density at radius 1 is 1.37 bits per heavy atom. The van der Waals surface area contributed by atoms with Gasteiger partial charge in [0.15, 0.2) is 5.17 Å². The van der Waals surface area contributed by atoms with Crippen LogP contribution in [0.1, 0.15) is 51.9 Å². The fourth-order valence-corrected chi connectivity index (χ4v) is 4.81. The molecule has 0 bridgehead atoms. The van der Waals surface area contributed by atoms with E-state index >= 15 is 0 Å². The van der Waals surface area contributed by atoms with E-state index in [2.05, 4.69) is 12.2 Å². The zero-order valence-corrected chi connectivity index (χ0v) is 12.8. The molecule has 2 atom stereocenters. The van der Waals surface area contributed by atoms with Crippen LogP contribution in [0.5, 0.6) is 0 Å². The van der Waals surface area contributed by atoms with Gasteiger partial charge in [0.2, 0.25) is 0 Å². The van der Waals surface area contributed by atoms with Crippen molar-refractivity contribution in [3.8, 4) is 0 Å². The van der Waals surface area contributed by atoms with Crippen LogP contribution in [0, 0.1) is 5.92 Å². The molecule has 108 valence electrons. The van der Waals surface area contributed by atoms with E-state index < -0.39 is 0 Å². The van der Waals surface area contributed by atoms with Crippen molar-refractivity contribution in [3.63, 3.8) is 0 Å². The first kappa shape index (κ1) is 13.7. The van der Waals surface area contributed by atoms with Crippen LogP contribution < -0.4 is 5.32 Å². The highest BCUT2D eigenvalue weighted by Gasteiger charge is 2.39. The van der Waals surface area contributed by atoms with Gasteiger partial charge in [-0.15, -0.1) is 0 Å². The second-order valence-corrected chi connectivity index (χ2v) is 7.30. The lowest BCUT2D eigenvalue weighted by Crippen LogP contribution is -2.48. The molecule has 2 saturated heterocycles. The van der Waals surface area contributed by atoms with Gasteiger partial charge in [0.1, 0.15) is 0 Å². The highest BCUT2D eigenvalue weighted by atomic mass is 32.2. The average molecular weight is 282 g/mol. The van der Waals surface area contributed by atoms with Crippen LogP contribution in [-0.2, 0) is 4.74 Å². The van der Waals surface area contributed by atoms with Crippen molar-refractivity contribution in [2.75, 3.05) is 19.0 Å². The van der Waals surface area contributed by atoms with Gasteiger partial charge in [0, 0.05) is 19.0 Å². The molecule has 4 heteroatoms. The van der Waals surface area contributed by atoms with Crippen molar-refractivity contribution >= 4 is 16.9 Å². The molecule has 0 amide bonds. The molecule has 3 aliphatic rings. The predicted octanol–water partition coefficient (Wildman–Crippen LogP) is 3.20. The summed E-state index contributed by atoms with van der Waals surface area (Å²) < 4.78 is 5.48. The molecule has 2 heterocycles. The third kappa shape index (κ3) is 3.27. The molecule has 2 aliphatic heterocycles. The predicted molar refractivity (Wildman–Crippen MR) is 81.8 cm³/mol. The molecule has 2 unspecified atom stereocenters. The molecule has 0 aromatic rings. The lowest BCUT2D eigenvalue weighted by Gasteiger charge is -2.33. The Balaban J connectivity index is 1.59. The topological polar surface area (TPSA) is 33.6 Å². The minimum Gasteiger partial charge on any atom is -0.381 e. The van der Waals surface area contributed by atoms with Gasteiger partial charge in [-0.2, -0.15) is 0 Å². The van der Waals surface area contributed by atoms with E-state index in [0.29, 0.717) is 11.6 Å². The van der Waals surface area contributed by atoms with Crippen LogP contribution >= 0.6 is 11.8 Å². The second-order valence-electron chi connectivity index (χ2n) is 6.34. The summed E-state index contributed by atoms with van der Waals surface area (Å²) in [6.45, 7) is 4.13. The first-order valence-corrected chi connectivity index (χ1v) is 8.85. The molecule has 3 fully saturated rings. The quantitative estimate of drug-likeness (QED) is 0.844. The van der Waals surface area contributed by atoms with Crippen LogP contribution in [0.2, 0.25) is 0 Å². The van der Waals surface area contributed by atoms with Crippen LogP contribution in [0.4, 0.5) is 0 Å². The van der Waals surface area contributed by atoms with Crippen molar-refractivity contribution in [1.29, 1.82) is 0 Å². The van der Waals surface area contributed by atoms with Crippen molar-refractivity contribution in [2.24, 2.45) is 10.9 Å². The Kier molecular flexibility index (Phi) is 4.37. The van der Waals surface area contributed by atoms with Gasteiger partial charge < -0.3 is 10.1 Å². The second kappa shape index (κ2) is 6.04. The molecule has 3 nitrogen and oxygen atoms in total. The van der Waals surface area contributed by atoms with Gasteiger partial charge in [-0.1, -0.05) is 37.9 Å². The third-order valence-electron chi connectivity index (χ3n) is 4.94. The Bertz CT molecular complexity index is 339. The largest absolute Gasteiger partial charge is 0.381 e. The average Bonchev–Trinajstić information content (AvgIpc) is 2.82. The highest BCUT2D eigenvalue weighted by Crippen LogP contribution is 2.34. The molecule has 0 aromatic heterocycles. The number of ether oxygens (including phenoxy) is 1. The number of nitrogens with zero attached hydrogens (tertiary/aromatic N) is 1. The first-order valence-electron chi connectivity index (χ1n) is 7.86. The van der Waals surface area contributed by atoms with E-state index in [-0.39, 0.29) is 0 Å². The third-order valence-corrected chi connectivity index (χ3v) is 6.12. The van der Waals surface area contributed by atoms with Crippen LogP contribution in [0.25, 0.3) is 0 Å². The molecule has 1 saturated carbocycles. The first-order chi connectivity index (χ1) is 9.30. The van der Waals surface area contributed by atoms with E-state index in [0.717, 1.165) is 32.0 Å². The highest BCUT2D eigenvalue weighted by molar-refractivity contribution is 8.14. The van der Waals surface area contributed by atoms with Crippen molar-refractivity contribution < 1.29 is 4.74 Å². The lowest BCUT2D eigenvalue weighted by atomic mass is 9.84. The van der Waals surface area contributed by atoms with Crippen molar-refractivity contribution in [2.45, 2.75) is 63.5 Å².